The maximum atomic E-state index is 11.9. The minimum atomic E-state index is 0.115. The average Bonchev–Trinajstić information content (AvgIpc) is 2.87. The minimum Gasteiger partial charge on any atom is -0.352 e. The highest BCUT2D eigenvalue weighted by Gasteiger charge is 2.22. The predicted molar refractivity (Wildman–Crippen MR) is 82.0 cm³/mol. The molecule has 19 heavy (non-hydrogen) atoms. The van der Waals surface area contributed by atoms with Crippen LogP contribution in [-0.4, -0.2) is 33.3 Å². The molecule has 1 saturated carbocycles. The summed E-state index contributed by atoms with van der Waals surface area (Å²) < 4.78 is 5.05. The first-order valence-electron chi connectivity index (χ1n) is 6.49. The van der Waals surface area contributed by atoms with Gasteiger partial charge >= 0.3 is 0 Å². The van der Waals surface area contributed by atoms with Crippen LogP contribution in [0.3, 0.4) is 0 Å². The van der Waals surface area contributed by atoms with Crippen molar-refractivity contribution >= 4 is 41.0 Å². The summed E-state index contributed by atoms with van der Waals surface area (Å²) in [6.07, 6.45) is 6.83. The molecule has 0 aliphatic heterocycles. The number of carbonyl (C=O) groups excluding carboxylic acids is 1. The van der Waals surface area contributed by atoms with Crippen LogP contribution < -0.4 is 5.32 Å². The topological polar surface area (TPSA) is 54.9 Å². The number of nitrogens with zero attached hydrogens (tertiary/aromatic N) is 2. The first-order chi connectivity index (χ1) is 9.19. The summed E-state index contributed by atoms with van der Waals surface area (Å²) in [6, 6.07) is 0.359. The largest absolute Gasteiger partial charge is 0.352 e. The Morgan fingerprint density at radius 2 is 2.26 bits per heavy atom. The number of rotatable bonds is 5. The van der Waals surface area contributed by atoms with Gasteiger partial charge in [-0.3, -0.25) is 4.79 Å². The van der Waals surface area contributed by atoms with Crippen molar-refractivity contribution in [3.63, 3.8) is 0 Å². The number of amides is 1. The molecule has 0 aromatic carbocycles. The molecule has 106 valence electrons. The van der Waals surface area contributed by atoms with Crippen LogP contribution in [-0.2, 0) is 4.79 Å². The van der Waals surface area contributed by atoms with Gasteiger partial charge in [0.05, 0.1) is 5.75 Å². The molecule has 1 aromatic rings. The molecular weight excluding hydrogens is 298 g/mol. The van der Waals surface area contributed by atoms with Gasteiger partial charge in [0.15, 0.2) is 4.34 Å². The lowest BCUT2D eigenvalue weighted by Crippen LogP contribution is -2.41. The van der Waals surface area contributed by atoms with Gasteiger partial charge in [0.2, 0.25) is 11.1 Å². The number of carbonyl (C=O) groups is 1. The normalized spacial score (nSPS) is 23.3. The number of nitrogens with one attached hydrogen (secondary N) is 1. The molecule has 1 aliphatic carbocycles. The fourth-order valence-electron chi connectivity index (χ4n) is 2.24. The van der Waals surface area contributed by atoms with E-state index in [1.807, 2.05) is 6.26 Å². The van der Waals surface area contributed by atoms with E-state index in [4.69, 9.17) is 0 Å². The Morgan fingerprint density at radius 1 is 1.47 bits per heavy atom. The predicted octanol–water partition coefficient (Wildman–Crippen LogP) is 3.05. The van der Waals surface area contributed by atoms with Crippen molar-refractivity contribution in [2.45, 2.75) is 48.1 Å². The molecule has 2 rings (SSSR count). The Balaban J connectivity index is 1.74. The van der Waals surface area contributed by atoms with Crippen molar-refractivity contribution < 1.29 is 4.79 Å². The summed E-state index contributed by atoms with van der Waals surface area (Å²) >= 11 is 4.36. The number of hydrogen-bond acceptors (Lipinski definition) is 6. The van der Waals surface area contributed by atoms with Crippen molar-refractivity contribution in [3.8, 4) is 0 Å². The van der Waals surface area contributed by atoms with Crippen LogP contribution >= 0.6 is 35.1 Å². The van der Waals surface area contributed by atoms with Crippen LogP contribution in [0.4, 0.5) is 0 Å². The molecule has 1 fully saturated rings. The highest BCUT2D eigenvalue weighted by molar-refractivity contribution is 8.01. The number of aromatic nitrogens is 2. The van der Waals surface area contributed by atoms with Crippen molar-refractivity contribution in [2.75, 3.05) is 12.0 Å². The fraction of sp³-hybridized carbons (Fsp3) is 0.750. The van der Waals surface area contributed by atoms with Gasteiger partial charge in [0, 0.05) is 6.04 Å². The Bertz CT molecular complexity index is 424. The van der Waals surface area contributed by atoms with E-state index in [1.165, 1.54) is 54.3 Å². The second-order valence-corrected chi connectivity index (χ2v) is 7.52. The van der Waals surface area contributed by atoms with Crippen molar-refractivity contribution in [1.29, 1.82) is 0 Å². The lowest BCUT2D eigenvalue weighted by Gasteiger charge is -2.29. The lowest BCUT2D eigenvalue weighted by atomic mass is 9.86. The van der Waals surface area contributed by atoms with Gasteiger partial charge in [0.1, 0.15) is 0 Å². The van der Waals surface area contributed by atoms with Gasteiger partial charge in [-0.25, -0.2) is 4.98 Å². The van der Waals surface area contributed by atoms with Gasteiger partial charge < -0.3 is 5.32 Å². The number of thioether (sulfide) groups is 2. The van der Waals surface area contributed by atoms with E-state index < -0.39 is 0 Å². The highest BCUT2D eigenvalue weighted by Crippen LogP contribution is 2.25. The Morgan fingerprint density at radius 3 is 2.95 bits per heavy atom. The molecule has 2 atom stereocenters. The summed E-state index contributed by atoms with van der Waals surface area (Å²) in [6.45, 7) is 2.23. The van der Waals surface area contributed by atoms with Crippen LogP contribution in [0.5, 0.6) is 0 Å². The summed E-state index contributed by atoms with van der Waals surface area (Å²) in [4.78, 5) is 16.2. The fourth-order valence-corrected chi connectivity index (χ4v) is 4.27. The van der Waals surface area contributed by atoms with E-state index in [1.54, 1.807) is 0 Å². The van der Waals surface area contributed by atoms with Gasteiger partial charge in [-0.1, -0.05) is 43.3 Å². The summed E-state index contributed by atoms with van der Waals surface area (Å²) in [7, 11) is 0. The van der Waals surface area contributed by atoms with E-state index in [9.17, 15) is 4.79 Å². The van der Waals surface area contributed by atoms with Crippen LogP contribution in [0.25, 0.3) is 0 Å². The van der Waals surface area contributed by atoms with Crippen molar-refractivity contribution in [3.05, 3.63) is 0 Å². The van der Waals surface area contributed by atoms with Crippen molar-refractivity contribution in [1.82, 2.24) is 14.7 Å². The quantitative estimate of drug-likeness (QED) is 0.846. The van der Waals surface area contributed by atoms with Crippen LogP contribution in [0, 0.1) is 5.92 Å². The molecule has 1 aliphatic rings. The van der Waals surface area contributed by atoms with Crippen LogP contribution in [0.1, 0.15) is 32.6 Å². The smallest absolute Gasteiger partial charge is 0.230 e. The van der Waals surface area contributed by atoms with E-state index in [2.05, 4.69) is 21.6 Å². The minimum absolute atomic E-state index is 0.115. The van der Waals surface area contributed by atoms with Gasteiger partial charge in [-0.15, -0.1) is 0 Å². The molecule has 1 heterocycles. The van der Waals surface area contributed by atoms with E-state index >= 15 is 0 Å². The Labute approximate surface area is 126 Å². The molecule has 0 spiro atoms. The zero-order chi connectivity index (χ0) is 13.7. The molecule has 1 N–H and O–H groups in total. The van der Waals surface area contributed by atoms with Crippen LogP contribution in [0.2, 0.25) is 0 Å². The maximum Gasteiger partial charge on any atom is 0.230 e. The number of hydrogen-bond donors (Lipinski definition) is 1. The average molecular weight is 318 g/mol. The highest BCUT2D eigenvalue weighted by atomic mass is 32.2. The molecule has 2 unspecified atom stereocenters. The third kappa shape index (κ3) is 4.65. The molecule has 7 heteroatoms. The first-order valence-corrected chi connectivity index (χ1v) is 9.47. The van der Waals surface area contributed by atoms with E-state index in [0.29, 0.717) is 17.7 Å². The lowest BCUT2D eigenvalue weighted by molar-refractivity contribution is -0.119. The standard InChI is InChI=1S/C12H19N3OS3/c1-8-5-3-4-6-9(8)13-10(16)7-18-12-14-11(17-2)15-19-12/h8-9H,3-7H2,1-2H3,(H,13,16). The second kappa shape index (κ2) is 7.50. The second-order valence-electron chi connectivity index (χ2n) is 4.77. The molecular formula is C12H19N3OS3. The summed E-state index contributed by atoms with van der Waals surface area (Å²) in [5.74, 6) is 1.16. The van der Waals surface area contributed by atoms with Crippen molar-refractivity contribution in [2.24, 2.45) is 5.92 Å². The third-order valence-corrected chi connectivity index (χ3v) is 5.85. The molecule has 4 nitrogen and oxygen atoms in total. The Kier molecular flexibility index (Phi) is 5.97. The summed E-state index contributed by atoms with van der Waals surface area (Å²) in [5.41, 5.74) is 0. The molecule has 0 radical (unpaired) electrons. The van der Waals surface area contributed by atoms with E-state index in [-0.39, 0.29) is 5.91 Å². The molecule has 1 amide bonds. The Hall–Kier alpha value is -0.270. The molecule has 0 saturated heterocycles. The third-order valence-electron chi connectivity index (χ3n) is 3.36. The molecule has 1 aromatic heterocycles. The molecule has 0 bridgehead atoms. The van der Waals surface area contributed by atoms with E-state index in [0.717, 1.165) is 15.9 Å². The zero-order valence-corrected chi connectivity index (χ0v) is 13.7. The SMILES string of the molecule is CSc1nsc(SCC(=O)NC2CCCCC2C)n1. The van der Waals surface area contributed by atoms with Gasteiger partial charge in [0.25, 0.3) is 0 Å². The van der Waals surface area contributed by atoms with Gasteiger partial charge in [-0.05, 0) is 36.5 Å². The monoisotopic (exact) mass is 317 g/mol. The zero-order valence-electron chi connectivity index (χ0n) is 11.2. The first kappa shape index (κ1) is 15.1. The maximum absolute atomic E-state index is 11.9. The van der Waals surface area contributed by atoms with Crippen LogP contribution in [0.15, 0.2) is 9.50 Å². The van der Waals surface area contributed by atoms with Gasteiger partial charge in [-0.2, -0.15) is 4.37 Å². The summed E-state index contributed by atoms with van der Waals surface area (Å²) in [5, 5.41) is 3.94.